The predicted octanol–water partition coefficient (Wildman–Crippen LogP) is 3.46. The van der Waals surface area contributed by atoms with Crippen molar-refractivity contribution in [3.8, 4) is 0 Å². The molecule has 130 valence electrons. The van der Waals surface area contributed by atoms with Gasteiger partial charge in [-0.1, -0.05) is 12.1 Å². The van der Waals surface area contributed by atoms with E-state index >= 15 is 0 Å². The van der Waals surface area contributed by atoms with Crippen molar-refractivity contribution in [1.29, 1.82) is 0 Å². The van der Waals surface area contributed by atoms with Crippen LogP contribution in [0.1, 0.15) is 24.2 Å². The van der Waals surface area contributed by atoms with Gasteiger partial charge in [0.2, 0.25) is 11.8 Å². The maximum atomic E-state index is 12.3. The van der Waals surface area contributed by atoms with E-state index in [0.717, 1.165) is 0 Å². The van der Waals surface area contributed by atoms with Gasteiger partial charge in [-0.25, -0.2) is 4.79 Å². The highest BCUT2D eigenvalue weighted by Gasteiger charge is 2.18. The molecule has 0 aliphatic carbocycles. The molecule has 0 aliphatic rings. The van der Waals surface area contributed by atoms with Gasteiger partial charge in [0.15, 0.2) is 0 Å². The zero-order valence-corrected chi connectivity index (χ0v) is 14.6. The first-order chi connectivity index (χ1) is 11.9. The van der Waals surface area contributed by atoms with Crippen molar-refractivity contribution in [2.75, 3.05) is 10.6 Å². The summed E-state index contributed by atoms with van der Waals surface area (Å²) in [5, 5.41) is 14.1. The van der Waals surface area contributed by atoms with Gasteiger partial charge in [-0.05, 0) is 43.3 Å². The van der Waals surface area contributed by atoms with Crippen LogP contribution in [0.15, 0.2) is 53.4 Å². The number of carbonyl (C=O) groups excluding carboxylic acids is 2. The van der Waals surface area contributed by atoms with Gasteiger partial charge in [-0.3, -0.25) is 9.59 Å². The Hall–Kier alpha value is -2.80. The van der Waals surface area contributed by atoms with E-state index in [0.29, 0.717) is 16.3 Å². The number of hydrogen-bond donors (Lipinski definition) is 3. The van der Waals surface area contributed by atoms with Gasteiger partial charge in [0.05, 0.1) is 10.8 Å². The summed E-state index contributed by atoms with van der Waals surface area (Å²) in [6.45, 7) is 3.13. The first-order valence-electron chi connectivity index (χ1n) is 7.54. The van der Waals surface area contributed by atoms with Crippen LogP contribution in [0, 0.1) is 0 Å². The number of rotatable bonds is 6. The average Bonchev–Trinajstić information content (AvgIpc) is 2.56. The third-order valence-corrected chi connectivity index (χ3v) is 4.44. The number of benzene rings is 2. The first-order valence-corrected chi connectivity index (χ1v) is 8.42. The van der Waals surface area contributed by atoms with Gasteiger partial charge in [-0.15, -0.1) is 11.8 Å². The summed E-state index contributed by atoms with van der Waals surface area (Å²) < 4.78 is 0. The molecule has 25 heavy (non-hydrogen) atoms. The van der Waals surface area contributed by atoms with Gasteiger partial charge in [-0.2, -0.15) is 0 Å². The Morgan fingerprint density at radius 3 is 2.08 bits per heavy atom. The van der Waals surface area contributed by atoms with E-state index in [2.05, 4.69) is 10.6 Å². The summed E-state index contributed by atoms with van der Waals surface area (Å²) in [4.78, 5) is 35.1. The number of aromatic carboxylic acids is 1. The molecule has 0 heterocycles. The molecule has 0 fully saturated rings. The van der Waals surface area contributed by atoms with Gasteiger partial charge in [0.25, 0.3) is 0 Å². The Morgan fingerprint density at radius 2 is 1.52 bits per heavy atom. The van der Waals surface area contributed by atoms with E-state index < -0.39 is 11.2 Å². The summed E-state index contributed by atoms with van der Waals surface area (Å²) in [5.41, 5.74) is 1.41. The minimum Gasteiger partial charge on any atom is -0.478 e. The van der Waals surface area contributed by atoms with Crippen LogP contribution in [-0.4, -0.2) is 28.1 Å². The summed E-state index contributed by atoms with van der Waals surface area (Å²) in [5.74, 6) is -1.43. The Bertz CT molecular complexity index is 790. The quantitative estimate of drug-likeness (QED) is 0.687. The van der Waals surface area contributed by atoms with Crippen LogP contribution < -0.4 is 10.6 Å². The lowest BCUT2D eigenvalue weighted by Crippen LogP contribution is -2.22. The van der Waals surface area contributed by atoms with Crippen molar-refractivity contribution in [3.63, 3.8) is 0 Å². The van der Waals surface area contributed by atoms with Crippen molar-refractivity contribution in [1.82, 2.24) is 0 Å². The molecule has 7 heteroatoms. The van der Waals surface area contributed by atoms with E-state index in [-0.39, 0.29) is 17.4 Å². The van der Waals surface area contributed by atoms with E-state index in [1.54, 1.807) is 49.4 Å². The second-order valence-corrected chi connectivity index (χ2v) is 6.69. The van der Waals surface area contributed by atoms with Crippen LogP contribution in [0.5, 0.6) is 0 Å². The van der Waals surface area contributed by atoms with Gasteiger partial charge < -0.3 is 15.7 Å². The molecule has 0 aliphatic heterocycles. The summed E-state index contributed by atoms with van der Waals surface area (Å²) in [6, 6.07) is 13.3. The number of hydrogen-bond acceptors (Lipinski definition) is 4. The van der Waals surface area contributed by atoms with E-state index in [9.17, 15) is 19.5 Å². The zero-order valence-electron chi connectivity index (χ0n) is 13.8. The molecular formula is C18H18N2O4S. The Morgan fingerprint density at radius 1 is 0.960 bits per heavy atom. The highest BCUT2D eigenvalue weighted by Crippen LogP contribution is 2.27. The lowest BCUT2D eigenvalue weighted by molar-refractivity contribution is -0.115. The molecule has 0 radical (unpaired) electrons. The van der Waals surface area contributed by atoms with Crippen LogP contribution >= 0.6 is 11.8 Å². The number of amides is 2. The monoisotopic (exact) mass is 358 g/mol. The summed E-state index contributed by atoms with van der Waals surface area (Å²) in [7, 11) is 0. The van der Waals surface area contributed by atoms with Gasteiger partial charge in [0, 0.05) is 23.2 Å². The molecule has 2 amide bonds. The van der Waals surface area contributed by atoms with Crippen LogP contribution in [0.4, 0.5) is 11.4 Å². The highest BCUT2D eigenvalue weighted by molar-refractivity contribution is 8.00. The Labute approximate surface area is 149 Å². The second kappa shape index (κ2) is 8.34. The molecule has 0 aromatic heterocycles. The number of thioether (sulfide) groups is 1. The SMILES string of the molecule is CC(=O)Nc1ccc(NC(=O)C(C)Sc2ccccc2C(=O)O)cc1. The largest absolute Gasteiger partial charge is 0.478 e. The lowest BCUT2D eigenvalue weighted by atomic mass is 10.2. The normalized spacial score (nSPS) is 11.4. The predicted molar refractivity (Wildman–Crippen MR) is 98.1 cm³/mol. The molecule has 6 nitrogen and oxygen atoms in total. The van der Waals surface area contributed by atoms with Crippen LogP contribution in [0.25, 0.3) is 0 Å². The Balaban J connectivity index is 2.01. The molecule has 3 N–H and O–H groups in total. The topological polar surface area (TPSA) is 95.5 Å². The van der Waals surface area contributed by atoms with Crippen molar-refractivity contribution < 1.29 is 19.5 Å². The molecular weight excluding hydrogens is 340 g/mol. The van der Waals surface area contributed by atoms with Crippen molar-refractivity contribution >= 4 is 40.9 Å². The average molecular weight is 358 g/mol. The molecule has 1 atom stereocenters. The summed E-state index contributed by atoms with van der Waals surface area (Å²) in [6.07, 6.45) is 0. The van der Waals surface area contributed by atoms with Gasteiger partial charge >= 0.3 is 5.97 Å². The van der Waals surface area contributed by atoms with Crippen LogP contribution in [0.3, 0.4) is 0 Å². The Kier molecular flexibility index (Phi) is 6.19. The lowest BCUT2D eigenvalue weighted by Gasteiger charge is -2.13. The van der Waals surface area contributed by atoms with Crippen molar-refractivity contribution in [2.45, 2.75) is 24.0 Å². The fourth-order valence-corrected chi connectivity index (χ4v) is 3.06. The smallest absolute Gasteiger partial charge is 0.336 e. The minimum atomic E-state index is -1.02. The maximum Gasteiger partial charge on any atom is 0.336 e. The zero-order chi connectivity index (χ0) is 18.4. The third kappa shape index (κ3) is 5.36. The van der Waals surface area contributed by atoms with E-state index in [1.165, 1.54) is 24.8 Å². The fourth-order valence-electron chi connectivity index (χ4n) is 2.07. The maximum absolute atomic E-state index is 12.3. The standard InChI is InChI=1S/C18H18N2O4S/c1-11(25-16-6-4-3-5-15(16)18(23)24)17(22)20-14-9-7-13(8-10-14)19-12(2)21/h3-11H,1-2H3,(H,19,21)(H,20,22)(H,23,24). The molecule has 0 saturated carbocycles. The number of nitrogens with one attached hydrogen (secondary N) is 2. The molecule has 2 aromatic rings. The number of carbonyl (C=O) groups is 3. The van der Waals surface area contributed by atoms with Crippen LogP contribution in [-0.2, 0) is 9.59 Å². The van der Waals surface area contributed by atoms with E-state index in [4.69, 9.17) is 0 Å². The summed E-state index contributed by atoms with van der Waals surface area (Å²) >= 11 is 1.19. The number of carboxylic acids is 1. The van der Waals surface area contributed by atoms with E-state index in [1.807, 2.05) is 0 Å². The molecule has 0 saturated heterocycles. The van der Waals surface area contributed by atoms with Crippen molar-refractivity contribution in [3.05, 3.63) is 54.1 Å². The molecule has 1 unspecified atom stereocenters. The van der Waals surface area contributed by atoms with Gasteiger partial charge in [0.1, 0.15) is 0 Å². The fraction of sp³-hybridized carbons (Fsp3) is 0.167. The first kappa shape index (κ1) is 18.5. The molecule has 2 rings (SSSR count). The van der Waals surface area contributed by atoms with Crippen molar-refractivity contribution in [2.24, 2.45) is 0 Å². The number of anilines is 2. The molecule has 0 bridgehead atoms. The third-order valence-electron chi connectivity index (χ3n) is 3.26. The molecule has 0 spiro atoms. The minimum absolute atomic E-state index is 0.168. The number of carboxylic acid groups (broad SMARTS) is 1. The van der Waals surface area contributed by atoms with Crippen LogP contribution in [0.2, 0.25) is 0 Å². The second-order valence-electron chi connectivity index (χ2n) is 5.31. The highest BCUT2D eigenvalue weighted by atomic mass is 32.2. The molecule has 2 aromatic carbocycles.